The van der Waals surface area contributed by atoms with Gasteiger partial charge >= 0.3 is 0 Å². The van der Waals surface area contributed by atoms with Gasteiger partial charge in [0.2, 0.25) is 10.9 Å². The van der Waals surface area contributed by atoms with Crippen molar-refractivity contribution in [2.75, 3.05) is 13.1 Å². The normalized spacial score (nSPS) is 29.8. The first-order chi connectivity index (χ1) is 5.74. The van der Waals surface area contributed by atoms with E-state index in [1.54, 1.807) is 0 Å². The number of thiol groups is 1. The largest absolute Gasteiger partial charge is 0.330 e. The van der Waals surface area contributed by atoms with Crippen LogP contribution in [0.4, 0.5) is 0 Å². The molecule has 4 nitrogen and oxygen atoms in total. The van der Waals surface area contributed by atoms with E-state index < -0.39 is 10.9 Å². The Hall–Kier alpha value is -0.130. The minimum Gasteiger partial charge on any atom is -0.330 e. The molecule has 0 spiro atoms. The summed E-state index contributed by atoms with van der Waals surface area (Å²) < 4.78 is 22.9. The molecule has 5 heteroatoms. The van der Waals surface area contributed by atoms with E-state index in [9.17, 15) is 8.42 Å². The first kappa shape index (κ1) is 9.95. The topological polar surface area (TPSA) is 72.2 Å². The third-order valence-electron chi connectivity index (χ3n) is 2.60. The van der Waals surface area contributed by atoms with Gasteiger partial charge in [0.1, 0.15) is 0 Å². The molecule has 0 saturated heterocycles. The fourth-order valence-electron chi connectivity index (χ4n) is 1.88. The monoisotopic (exact) mass is 192 g/mol. The average molecular weight is 192 g/mol. The predicted octanol–water partition coefficient (Wildman–Crippen LogP) is -0.523. The van der Waals surface area contributed by atoms with Crippen molar-refractivity contribution in [3.05, 3.63) is 0 Å². The highest BCUT2D eigenvalue weighted by Crippen LogP contribution is 2.30. The van der Waals surface area contributed by atoms with E-state index in [0.717, 1.165) is 12.8 Å². The van der Waals surface area contributed by atoms with E-state index in [1.807, 2.05) is 0 Å². The van der Waals surface area contributed by atoms with Crippen LogP contribution in [0.15, 0.2) is 0 Å². The quantitative estimate of drug-likeness (QED) is 0.525. The lowest BCUT2D eigenvalue weighted by molar-refractivity contribution is 0.394. The van der Waals surface area contributed by atoms with E-state index in [-0.39, 0.29) is 0 Å². The van der Waals surface area contributed by atoms with Gasteiger partial charge in [-0.15, -0.1) is 0 Å². The molecule has 0 bridgehead atoms. The van der Waals surface area contributed by atoms with Crippen molar-refractivity contribution in [1.29, 1.82) is 0 Å². The summed E-state index contributed by atoms with van der Waals surface area (Å²) in [5.41, 5.74) is 5.55. The van der Waals surface area contributed by atoms with Gasteiger partial charge in [0.25, 0.3) is 0 Å². The van der Waals surface area contributed by atoms with Crippen LogP contribution in [-0.4, -0.2) is 21.5 Å². The molecule has 1 aliphatic carbocycles. The van der Waals surface area contributed by atoms with Crippen LogP contribution >= 0.6 is 0 Å². The molecule has 0 aromatic rings. The van der Waals surface area contributed by atoms with Gasteiger partial charge in [-0.1, -0.05) is 6.42 Å². The van der Waals surface area contributed by atoms with Gasteiger partial charge in [-0.2, -0.15) is 0 Å². The zero-order chi connectivity index (χ0) is 8.97. The first-order valence-electron chi connectivity index (χ1n) is 4.32. The number of hydrogen-bond donors (Lipinski definition) is 3. The third kappa shape index (κ3) is 2.73. The summed E-state index contributed by atoms with van der Waals surface area (Å²) in [5, 5.41) is 0. The molecule has 2 atom stereocenters. The second-order valence-electron chi connectivity index (χ2n) is 3.31. The Bertz CT molecular complexity index is 198. The molecule has 12 heavy (non-hydrogen) atoms. The third-order valence-corrected chi connectivity index (χ3v) is 3.04. The average Bonchev–Trinajstić information content (AvgIpc) is 2.47. The van der Waals surface area contributed by atoms with Crippen molar-refractivity contribution in [2.45, 2.75) is 19.3 Å². The number of hydrogen-bond acceptors (Lipinski definition) is 3. The first-order valence-corrected chi connectivity index (χ1v) is 5.49. The molecule has 2 unspecified atom stereocenters. The molecular weight excluding hydrogens is 176 g/mol. The summed E-state index contributed by atoms with van der Waals surface area (Å²) in [5.74, 6) is 0.982. The van der Waals surface area contributed by atoms with Crippen molar-refractivity contribution in [3.63, 3.8) is 0 Å². The highest BCUT2D eigenvalue weighted by atomic mass is 32.2. The minimum absolute atomic E-state index is 0.461. The summed E-state index contributed by atoms with van der Waals surface area (Å²) in [7, 11) is -2.43. The van der Waals surface area contributed by atoms with Gasteiger partial charge in [0.05, 0.1) is 0 Å². The molecule has 0 aliphatic heterocycles. The maximum atomic E-state index is 10.2. The number of nitrogens with one attached hydrogen (secondary N) is 1. The fraction of sp³-hybridized carbons (Fsp3) is 1.00. The molecule has 0 radical (unpaired) electrons. The maximum absolute atomic E-state index is 10.2. The number of rotatable bonds is 4. The second-order valence-corrected chi connectivity index (χ2v) is 4.14. The lowest BCUT2D eigenvalue weighted by Gasteiger charge is -2.15. The molecule has 72 valence electrons. The van der Waals surface area contributed by atoms with E-state index in [4.69, 9.17) is 5.73 Å². The van der Waals surface area contributed by atoms with E-state index in [2.05, 4.69) is 4.72 Å². The molecular formula is C7H16N2O2S. The molecule has 1 aliphatic rings. The minimum atomic E-state index is -2.43. The lowest BCUT2D eigenvalue weighted by atomic mass is 9.97. The molecule has 1 rings (SSSR count). The Labute approximate surface area is 74.6 Å². The van der Waals surface area contributed by atoms with Crippen molar-refractivity contribution < 1.29 is 8.42 Å². The zero-order valence-electron chi connectivity index (χ0n) is 7.03. The molecule has 0 aromatic carbocycles. The predicted molar refractivity (Wildman–Crippen MR) is 48.2 cm³/mol. The maximum Gasteiger partial charge on any atom is 0.201 e. The van der Waals surface area contributed by atoms with Crippen LogP contribution < -0.4 is 10.5 Å². The SMILES string of the molecule is NCC1CCCC1CN[SH](=O)=O. The van der Waals surface area contributed by atoms with Crippen LogP contribution in [-0.2, 0) is 10.9 Å². The van der Waals surface area contributed by atoms with Crippen LogP contribution in [0.5, 0.6) is 0 Å². The van der Waals surface area contributed by atoms with Gasteiger partial charge < -0.3 is 5.73 Å². The van der Waals surface area contributed by atoms with Gasteiger partial charge in [0, 0.05) is 6.54 Å². The Morgan fingerprint density at radius 2 is 2.00 bits per heavy atom. The summed E-state index contributed by atoms with van der Waals surface area (Å²) in [6, 6.07) is 0. The molecule has 0 heterocycles. The smallest absolute Gasteiger partial charge is 0.201 e. The Kier molecular flexibility index (Phi) is 3.97. The molecule has 1 fully saturated rings. The van der Waals surface area contributed by atoms with E-state index in [0.29, 0.717) is 24.9 Å². The molecule has 0 amide bonds. The van der Waals surface area contributed by atoms with Crippen molar-refractivity contribution in [3.8, 4) is 0 Å². The summed E-state index contributed by atoms with van der Waals surface area (Å²) in [6.07, 6.45) is 3.44. The van der Waals surface area contributed by atoms with Crippen LogP contribution in [0.2, 0.25) is 0 Å². The second kappa shape index (κ2) is 4.79. The van der Waals surface area contributed by atoms with Gasteiger partial charge in [0.15, 0.2) is 0 Å². The summed E-state index contributed by atoms with van der Waals surface area (Å²) in [6.45, 7) is 1.25. The van der Waals surface area contributed by atoms with Crippen LogP contribution in [0.3, 0.4) is 0 Å². The standard InChI is InChI=1S/C7H16N2O2S/c8-4-6-2-1-3-7(6)5-9-12(10)11/h6-7,12H,1-5,8H2,(H,9,10,11). The fourth-order valence-corrected chi connectivity index (χ4v) is 2.27. The zero-order valence-corrected chi connectivity index (χ0v) is 7.93. The summed E-state index contributed by atoms with van der Waals surface area (Å²) >= 11 is 0. The van der Waals surface area contributed by atoms with Gasteiger partial charge in [-0.05, 0) is 31.2 Å². The number of nitrogens with two attached hydrogens (primary N) is 1. The van der Waals surface area contributed by atoms with Crippen molar-refractivity contribution in [1.82, 2.24) is 4.72 Å². The van der Waals surface area contributed by atoms with Crippen molar-refractivity contribution >= 4 is 10.9 Å². The van der Waals surface area contributed by atoms with Gasteiger partial charge in [-0.25, -0.2) is 13.1 Å². The molecule has 0 aromatic heterocycles. The lowest BCUT2D eigenvalue weighted by Crippen LogP contribution is -2.27. The van der Waals surface area contributed by atoms with E-state index >= 15 is 0 Å². The highest BCUT2D eigenvalue weighted by Gasteiger charge is 2.25. The molecule has 3 N–H and O–H groups in total. The van der Waals surface area contributed by atoms with E-state index in [1.165, 1.54) is 6.42 Å². The Morgan fingerprint density at radius 3 is 2.58 bits per heavy atom. The Morgan fingerprint density at radius 1 is 1.33 bits per heavy atom. The van der Waals surface area contributed by atoms with Crippen molar-refractivity contribution in [2.24, 2.45) is 17.6 Å². The Balaban J connectivity index is 2.30. The highest BCUT2D eigenvalue weighted by molar-refractivity contribution is 7.70. The molecule has 1 saturated carbocycles. The van der Waals surface area contributed by atoms with Crippen LogP contribution in [0, 0.1) is 11.8 Å². The van der Waals surface area contributed by atoms with Crippen LogP contribution in [0.1, 0.15) is 19.3 Å². The van der Waals surface area contributed by atoms with Crippen LogP contribution in [0.25, 0.3) is 0 Å². The van der Waals surface area contributed by atoms with Gasteiger partial charge in [-0.3, -0.25) is 0 Å². The summed E-state index contributed by atoms with van der Waals surface area (Å²) in [4.78, 5) is 0.